The van der Waals surface area contributed by atoms with Crippen molar-refractivity contribution < 1.29 is 0 Å². The van der Waals surface area contributed by atoms with E-state index in [-0.39, 0.29) is 5.41 Å². The molecule has 0 N–H and O–H groups in total. The SMILES string of the molecule is CC1=CC=C(C(C)(Cc2ccccc2)c2cccc(C)c2)C=C(C)C1. The summed E-state index contributed by atoms with van der Waals surface area (Å²) in [6.45, 7) is 9.03. The first kappa shape index (κ1) is 17.5. The third kappa shape index (κ3) is 4.02. The van der Waals surface area contributed by atoms with Gasteiger partial charge in [-0.1, -0.05) is 96.5 Å². The maximum atomic E-state index is 2.40. The van der Waals surface area contributed by atoms with Gasteiger partial charge in [0, 0.05) is 5.41 Å². The molecule has 0 radical (unpaired) electrons. The highest BCUT2D eigenvalue weighted by molar-refractivity contribution is 5.48. The first-order chi connectivity index (χ1) is 12.0. The van der Waals surface area contributed by atoms with Gasteiger partial charge in [-0.2, -0.15) is 0 Å². The van der Waals surface area contributed by atoms with E-state index in [1.807, 2.05) is 0 Å². The molecule has 0 heteroatoms. The quantitative estimate of drug-likeness (QED) is 0.584. The molecule has 0 saturated heterocycles. The molecule has 0 nitrogen and oxygen atoms in total. The van der Waals surface area contributed by atoms with Crippen LogP contribution in [0.3, 0.4) is 0 Å². The van der Waals surface area contributed by atoms with Crippen LogP contribution in [-0.2, 0) is 11.8 Å². The van der Waals surface area contributed by atoms with Gasteiger partial charge in [-0.3, -0.25) is 0 Å². The van der Waals surface area contributed by atoms with Crippen molar-refractivity contribution >= 4 is 0 Å². The van der Waals surface area contributed by atoms with Gasteiger partial charge in [-0.15, -0.1) is 0 Å². The lowest BCUT2D eigenvalue weighted by Gasteiger charge is -2.33. The van der Waals surface area contributed by atoms with Crippen LogP contribution >= 0.6 is 0 Å². The molecule has 25 heavy (non-hydrogen) atoms. The van der Waals surface area contributed by atoms with E-state index < -0.39 is 0 Å². The van der Waals surface area contributed by atoms with Crippen molar-refractivity contribution in [2.45, 2.75) is 46.0 Å². The van der Waals surface area contributed by atoms with Crippen molar-refractivity contribution in [3.8, 4) is 0 Å². The topological polar surface area (TPSA) is 0 Å². The number of hydrogen-bond acceptors (Lipinski definition) is 0. The molecule has 1 unspecified atom stereocenters. The molecule has 1 atom stereocenters. The second kappa shape index (κ2) is 7.27. The van der Waals surface area contributed by atoms with E-state index in [0.717, 1.165) is 12.8 Å². The Hall–Kier alpha value is -2.34. The summed E-state index contributed by atoms with van der Waals surface area (Å²) >= 11 is 0. The largest absolute Gasteiger partial charge is 0.0693 e. The second-order valence-corrected chi connectivity index (χ2v) is 7.67. The Kier molecular flexibility index (Phi) is 5.08. The molecule has 128 valence electrons. The highest BCUT2D eigenvalue weighted by Gasteiger charge is 2.30. The molecule has 0 amide bonds. The fourth-order valence-corrected chi connectivity index (χ4v) is 3.80. The van der Waals surface area contributed by atoms with Gasteiger partial charge in [-0.05, 0) is 50.3 Å². The Morgan fingerprint density at radius 1 is 0.840 bits per heavy atom. The minimum atomic E-state index is -0.0459. The monoisotopic (exact) mass is 328 g/mol. The van der Waals surface area contributed by atoms with Crippen LogP contribution in [0.1, 0.15) is 43.9 Å². The lowest BCUT2D eigenvalue weighted by atomic mass is 9.70. The zero-order valence-corrected chi connectivity index (χ0v) is 15.8. The number of allylic oxidation sites excluding steroid dienone is 6. The maximum Gasteiger partial charge on any atom is 0.0215 e. The van der Waals surface area contributed by atoms with Crippen LogP contribution in [0, 0.1) is 6.92 Å². The number of benzene rings is 2. The fourth-order valence-electron chi connectivity index (χ4n) is 3.80. The van der Waals surface area contributed by atoms with Crippen LogP contribution in [0.15, 0.2) is 89.5 Å². The summed E-state index contributed by atoms with van der Waals surface area (Å²) in [6, 6.07) is 19.8. The summed E-state index contributed by atoms with van der Waals surface area (Å²) in [5, 5.41) is 0. The predicted molar refractivity (Wildman–Crippen MR) is 109 cm³/mol. The number of aryl methyl sites for hydroxylation is 1. The molecule has 0 bridgehead atoms. The lowest BCUT2D eigenvalue weighted by molar-refractivity contribution is 0.565. The third-order valence-electron chi connectivity index (χ3n) is 5.20. The van der Waals surface area contributed by atoms with Crippen molar-refractivity contribution in [1.82, 2.24) is 0 Å². The molecule has 1 aliphatic rings. The second-order valence-electron chi connectivity index (χ2n) is 7.67. The summed E-state index contributed by atoms with van der Waals surface area (Å²) in [4.78, 5) is 0. The minimum Gasteiger partial charge on any atom is -0.0693 e. The average Bonchev–Trinajstić information content (AvgIpc) is 2.76. The van der Waals surface area contributed by atoms with Gasteiger partial charge in [0.25, 0.3) is 0 Å². The smallest absolute Gasteiger partial charge is 0.0215 e. The van der Waals surface area contributed by atoms with Gasteiger partial charge < -0.3 is 0 Å². The molecule has 0 fully saturated rings. The van der Waals surface area contributed by atoms with Crippen molar-refractivity contribution in [2.75, 3.05) is 0 Å². The van der Waals surface area contributed by atoms with E-state index in [1.54, 1.807) is 0 Å². The predicted octanol–water partition coefficient (Wildman–Crippen LogP) is 6.72. The highest BCUT2D eigenvalue weighted by atomic mass is 14.3. The summed E-state index contributed by atoms with van der Waals surface area (Å²) in [5.74, 6) is 0. The standard InChI is InChI=1S/C25H28/c1-19-9-8-12-23(16-19)25(4,18-22-10-6-5-7-11-22)24-14-13-20(2)15-21(3)17-24/h5-14,16-17H,15,18H2,1-4H3. The molecular weight excluding hydrogens is 300 g/mol. The Morgan fingerprint density at radius 3 is 2.32 bits per heavy atom. The fraction of sp³-hybridized carbons (Fsp3) is 0.280. The van der Waals surface area contributed by atoms with E-state index in [2.05, 4.69) is 101 Å². The molecule has 0 aromatic heterocycles. The van der Waals surface area contributed by atoms with Crippen LogP contribution < -0.4 is 0 Å². The number of rotatable bonds is 4. The van der Waals surface area contributed by atoms with Gasteiger partial charge in [0.05, 0.1) is 0 Å². The molecule has 0 saturated carbocycles. The molecule has 2 aromatic carbocycles. The summed E-state index contributed by atoms with van der Waals surface area (Å²) in [6.07, 6.45) is 9.09. The van der Waals surface area contributed by atoms with Gasteiger partial charge in [0.15, 0.2) is 0 Å². The normalized spacial score (nSPS) is 17.0. The summed E-state index contributed by atoms with van der Waals surface area (Å²) in [5.41, 5.74) is 8.30. The van der Waals surface area contributed by atoms with E-state index >= 15 is 0 Å². The maximum absolute atomic E-state index is 2.40. The Balaban J connectivity index is 2.13. The van der Waals surface area contributed by atoms with E-state index in [0.29, 0.717) is 0 Å². The molecular formula is C25H28. The molecule has 1 aliphatic carbocycles. The van der Waals surface area contributed by atoms with E-state index in [4.69, 9.17) is 0 Å². The van der Waals surface area contributed by atoms with Gasteiger partial charge in [0.2, 0.25) is 0 Å². The van der Waals surface area contributed by atoms with Crippen molar-refractivity contribution in [1.29, 1.82) is 0 Å². The third-order valence-corrected chi connectivity index (χ3v) is 5.20. The molecule has 0 spiro atoms. The summed E-state index contributed by atoms with van der Waals surface area (Å²) < 4.78 is 0. The van der Waals surface area contributed by atoms with E-state index in [9.17, 15) is 0 Å². The van der Waals surface area contributed by atoms with Crippen molar-refractivity contribution in [3.05, 3.63) is 106 Å². The van der Waals surface area contributed by atoms with Gasteiger partial charge in [-0.25, -0.2) is 0 Å². The van der Waals surface area contributed by atoms with Crippen molar-refractivity contribution in [2.24, 2.45) is 0 Å². The molecule has 3 rings (SSSR count). The number of hydrogen-bond donors (Lipinski definition) is 0. The highest BCUT2D eigenvalue weighted by Crippen LogP contribution is 2.38. The van der Waals surface area contributed by atoms with Crippen molar-refractivity contribution in [3.63, 3.8) is 0 Å². The average molecular weight is 328 g/mol. The van der Waals surface area contributed by atoms with Crippen LogP contribution in [0.25, 0.3) is 0 Å². The molecule has 0 heterocycles. The van der Waals surface area contributed by atoms with Gasteiger partial charge >= 0.3 is 0 Å². The first-order valence-corrected chi connectivity index (χ1v) is 9.13. The Morgan fingerprint density at radius 2 is 1.60 bits per heavy atom. The minimum absolute atomic E-state index is 0.0459. The first-order valence-electron chi connectivity index (χ1n) is 9.13. The Bertz CT molecular complexity index is 833. The lowest BCUT2D eigenvalue weighted by Crippen LogP contribution is -2.27. The van der Waals surface area contributed by atoms with Crippen LogP contribution in [0.4, 0.5) is 0 Å². The van der Waals surface area contributed by atoms with Crippen LogP contribution in [0.5, 0.6) is 0 Å². The Labute approximate surface area is 152 Å². The molecule has 0 aliphatic heterocycles. The zero-order valence-electron chi connectivity index (χ0n) is 15.8. The summed E-state index contributed by atoms with van der Waals surface area (Å²) in [7, 11) is 0. The van der Waals surface area contributed by atoms with E-state index in [1.165, 1.54) is 33.4 Å². The van der Waals surface area contributed by atoms with Crippen LogP contribution in [0.2, 0.25) is 0 Å². The zero-order chi connectivity index (χ0) is 17.9. The van der Waals surface area contributed by atoms with Gasteiger partial charge in [0.1, 0.15) is 0 Å². The molecule has 2 aromatic rings. The van der Waals surface area contributed by atoms with Crippen LogP contribution in [-0.4, -0.2) is 0 Å².